The first-order valence-electron chi connectivity index (χ1n) is 10.6. The van der Waals surface area contributed by atoms with Gasteiger partial charge in [0, 0.05) is 24.9 Å². The monoisotopic (exact) mass is 409 g/mol. The Kier molecular flexibility index (Phi) is 5.37. The average Bonchev–Trinajstić information content (AvgIpc) is 3.27. The van der Waals surface area contributed by atoms with Gasteiger partial charge in [-0.3, -0.25) is 14.4 Å². The van der Waals surface area contributed by atoms with Gasteiger partial charge in [-0.2, -0.15) is 0 Å². The number of amides is 3. The van der Waals surface area contributed by atoms with E-state index in [1.807, 2.05) is 0 Å². The number of fused-ring (bicyclic) bond motifs is 1. The summed E-state index contributed by atoms with van der Waals surface area (Å²) >= 11 is 1.68. The maximum atomic E-state index is 13.5. The van der Waals surface area contributed by atoms with Gasteiger partial charge in [-0.1, -0.05) is 26.2 Å². The van der Waals surface area contributed by atoms with Crippen LogP contribution in [0.25, 0.3) is 0 Å². The highest BCUT2D eigenvalue weighted by molar-refractivity contribution is 8.02. The molecule has 4 rings (SSSR count). The Bertz CT molecular complexity index is 668. The van der Waals surface area contributed by atoms with Crippen molar-refractivity contribution in [3.8, 4) is 0 Å². The van der Waals surface area contributed by atoms with Crippen LogP contribution in [0.5, 0.6) is 0 Å². The first kappa shape index (κ1) is 20.0. The van der Waals surface area contributed by atoms with E-state index in [1.165, 1.54) is 6.42 Å². The van der Waals surface area contributed by atoms with Crippen molar-refractivity contribution in [2.24, 2.45) is 17.8 Å². The van der Waals surface area contributed by atoms with Crippen LogP contribution in [0.2, 0.25) is 0 Å². The SMILES string of the molecule is CNC(=O)[C@@H]1[C@@H]2CC(C)C3(S2)C(C(=O)NC2CCCCC2)N(CCO)C(=O)[C@H]13. The molecule has 3 heterocycles. The predicted octanol–water partition coefficient (Wildman–Crippen LogP) is 0.511. The summed E-state index contributed by atoms with van der Waals surface area (Å²) in [6.45, 7) is 2.06. The topological polar surface area (TPSA) is 98.7 Å². The number of nitrogens with one attached hydrogen (secondary N) is 2. The second-order valence-electron chi connectivity index (χ2n) is 8.77. The van der Waals surface area contributed by atoms with Gasteiger partial charge in [0.05, 0.1) is 23.2 Å². The molecular weight excluding hydrogens is 378 g/mol. The Morgan fingerprint density at radius 1 is 1.25 bits per heavy atom. The summed E-state index contributed by atoms with van der Waals surface area (Å²) < 4.78 is -0.577. The number of aliphatic hydroxyl groups is 1. The largest absolute Gasteiger partial charge is 0.395 e. The molecule has 0 aromatic rings. The van der Waals surface area contributed by atoms with E-state index in [2.05, 4.69) is 17.6 Å². The van der Waals surface area contributed by atoms with Gasteiger partial charge in [-0.15, -0.1) is 11.8 Å². The van der Waals surface area contributed by atoms with Crippen LogP contribution >= 0.6 is 11.8 Å². The molecule has 4 aliphatic rings. The minimum absolute atomic E-state index is 0.0742. The first-order chi connectivity index (χ1) is 13.5. The molecule has 0 radical (unpaired) electrons. The van der Waals surface area contributed by atoms with Crippen LogP contribution in [0.4, 0.5) is 0 Å². The number of nitrogens with zero attached hydrogens (tertiary/aromatic N) is 1. The fraction of sp³-hybridized carbons (Fsp3) is 0.850. The van der Waals surface area contributed by atoms with Crippen molar-refractivity contribution in [2.45, 2.75) is 67.5 Å². The normalized spacial score (nSPS) is 39.9. The van der Waals surface area contributed by atoms with E-state index in [0.29, 0.717) is 0 Å². The van der Waals surface area contributed by atoms with Crippen molar-refractivity contribution >= 4 is 29.5 Å². The summed E-state index contributed by atoms with van der Waals surface area (Å²) in [6, 6.07) is -0.449. The number of hydrogen-bond donors (Lipinski definition) is 3. The molecule has 1 spiro atoms. The molecule has 0 aromatic heterocycles. The third-order valence-electron chi connectivity index (χ3n) is 7.34. The Balaban J connectivity index is 1.68. The lowest BCUT2D eigenvalue weighted by molar-refractivity contribution is -0.140. The molecule has 4 fully saturated rings. The minimum atomic E-state index is -0.612. The number of carbonyl (C=O) groups excluding carboxylic acids is 3. The van der Waals surface area contributed by atoms with Crippen molar-refractivity contribution in [3.63, 3.8) is 0 Å². The van der Waals surface area contributed by atoms with E-state index in [9.17, 15) is 19.5 Å². The van der Waals surface area contributed by atoms with Crippen molar-refractivity contribution in [1.82, 2.24) is 15.5 Å². The molecule has 1 aliphatic carbocycles. The van der Waals surface area contributed by atoms with Crippen molar-refractivity contribution in [3.05, 3.63) is 0 Å². The van der Waals surface area contributed by atoms with E-state index >= 15 is 0 Å². The van der Waals surface area contributed by atoms with Gasteiger partial charge in [-0.05, 0) is 25.2 Å². The van der Waals surface area contributed by atoms with Crippen LogP contribution in [0.1, 0.15) is 45.4 Å². The Morgan fingerprint density at radius 3 is 2.61 bits per heavy atom. The van der Waals surface area contributed by atoms with Crippen LogP contribution in [0.3, 0.4) is 0 Å². The molecule has 3 unspecified atom stereocenters. The zero-order chi connectivity index (χ0) is 20.1. The lowest BCUT2D eigenvalue weighted by Gasteiger charge is -2.39. The predicted molar refractivity (Wildman–Crippen MR) is 107 cm³/mol. The molecule has 3 amide bonds. The van der Waals surface area contributed by atoms with E-state index < -0.39 is 22.6 Å². The minimum Gasteiger partial charge on any atom is -0.395 e. The van der Waals surface area contributed by atoms with Gasteiger partial charge in [-0.25, -0.2) is 0 Å². The zero-order valence-electron chi connectivity index (χ0n) is 16.6. The number of aliphatic hydroxyl groups excluding tert-OH is 1. The van der Waals surface area contributed by atoms with E-state index in [-0.39, 0.29) is 48.1 Å². The molecule has 1 saturated carbocycles. The summed E-state index contributed by atoms with van der Waals surface area (Å²) in [5.41, 5.74) is 0. The van der Waals surface area contributed by atoms with E-state index in [0.717, 1.165) is 32.1 Å². The third kappa shape index (κ3) is 2.78. The van der Waals surface area contributed by atoms with Gasteiger partial charge in [0.25, 0.3) is 0 Å². The molecule has 28 heavy (non-hydrogen) atoms. The number of β-amino-alcohol motifs (C(OH)–C–C–N with tert-alkyl or cyclic N) is 1. The highest BCUT2D eigenvalue weighted by Gasteiger charge is 2.75. The lowest BCUT2D eigenvalue weighted by atomic mass is 9.66. The molecule has 7 nitrogen and oxygen atoms in total. The van der Waals surface area contributed by atoms with Crippen LogP contribution in [-0.2, 0) is 14.4 Å². The third-order valence-corrected chi connectivity index (χ3v) is 9.41. The Labute approximate surface area is 170 Å². The van der Waals surface area contributed by atoms with E-state index in [4.69, 9.17) is 0 Å². The summed E-state index contributed by atoms with van der Waals surface area (Å²) in [5.74, 6) is -1.07. The number of carbonyl (C=O) groups is 3. The van der Waals surface area contributed by atoms with Crippen LogP contribution in [0, 0.1) is 17.8 Å². The molecule has 8 heteroatoms. The zero-order valence-corrected chi connectivity index (χ0v) is 17.5. The summed E-state index contributed by atoms with van der Waals surface area (Å²) in [6.07, 6.45) is 6.25. The molecule has 6 atom stereocenters. The van der Waals surface area contributed by atoms with Crippen molar-refractivity contribution < 1.29 is 19.5 Å². The van der Waals surface area contributed by atoms with Gasteiger partial charge in [0.2, 0.25) is 17.7 Å². The first-order valence-corrected chi connectivity index (χ1v) is 11.4. The molecule has 3 saturated heterocycles. The van der Waals surface area contributed by atoms with Crippen LogP contribution < -0.4 is 10.6 Å². The van der Waals surface area contributed by atoms with Crippen molar-refractivity contribution in [1.29, 1.82) is 0 Å². The second kappa shape index (κ2) is 7.52. The molecule has 3 N–H and O–H groups in total. The highest BCUT2D eigenvalue weighted by atomic mass is 32.2. The maximum absolute atomic E-state index is 13.5. The van der Waals surface area contributed by atoms with Crippen LogP contribution in [0.15, 0.2) is 0 Å². The molecule has 156 valence electrons. The Morgan fingerprint density at radius 2 is 1.96 bits per heavy atom. The number of hydrogen-bond acceptors (Lipinski definition) is 5. The number of thioether (sulfide) groups is 1. The molecule has 2 bridgehead atoms. The van der Waals surface area contributed by atoms with Crippen LogP contribution in [-0.4, -0.2) is 70.0 Å². The fourth-order valence-corrected chi connectivity index (χ4v) is 8.58. The lowest BCUT2D eigenvalue weighted by Crippen LogP contribution is -2.58. The summed E-state index contributed by atoms with van der Waals surface area (Å²) in [5, 5.41) is 15.6. The standard InChI is InChI=1S/C20H31N3O4S/c1-11-10-13-14(17(25)21-2)15-19(27)23(8-9-24)16(20(11,15)28-13)18(26)22-12-6-4-3-5-7-12/h11-16,24H,3-10H2,1-2H3,(H,21,25)(H,22,26)/t11?,13-,14+,15-,16?,20?/m0/s1. The molecule has 3 aliphatic heterocycles. The van der Waals surface area contributed by atoms with Gasteiger partial charge in [0.1, 0.15) is 6.04 Å². The maximum Gasteiger partial charge on any atom is 0.244 e. The molecular formula is C20H31N3O4S. The highest BCUT2D eigenvalue weighted by Crippen LogP contribution is 2.68. The summed E-state index contributed by atoms with van der Waals surface area (Å²) in [7, 11) is 1.60. The summed E-state index contributed by atoms with van der Waals surface area (Å²) in [4.78, 5) is 41.0. The van der Waals surface area contributed by atoms with E-state index in [1.54, 1.807) is 23.7 Å². The quantitative estimate of drug-likeness (QED) is 0.615. The van der Waals surface area contributed by atoms with Gasteiger partial charge in [0.15, 0.2) is 0 Å². The molecule has 0 aromatic carbocycles. The van der Waals surface area contributed by atoms with Gasteiger partial charge < -0.3 is 20.6 Å². The fourth-order valence-electron chi connectivity index (χ4n) is 6.16. The van der Waals surface area contributed by atoms with Gasteiger partial charge >= 0.3 is 0 Å². The second-order valence-corrected chi connectivity index (χ2v) is 10.3. The smallest absolute Gasteiger partial charge is 0.244 e. The number of rotatable bonds is 5. The number of likely N-dealkylation sites (tertiary alicyclic amines) is 1. The average molecular weight is 410 g/mol. The Hall–Kier alpha value is -1.28. The van der Waals surface area contributed by atoms with Crippen molar-refractivity contribution in [2.75, 3.05) is 20.2 Å².